The molecule has 1 unspecified atom stereocenters. The van der Waals surface area contributed by atoms with E-state index in [-0.39, 0.29) is 6.04 Å². The molecule has 0 radical (unpaired) electrons. The highest BCUT2D eigenvalue weighted by Gasteiger charge is 2.12. The lowest BCUT2D eigenvalue weighted by Gasteiger charge is -2.15. The van der Waals surface area contributed by atoms with Crippen molar-refractivity contribution >= 4 is 22.8 Å². The summed E-state index contributed by atoms with van der Waals surface area (Å²) in [7, 11) is 0. The fourth-order valence-corrected chi connectivity index (χ4v) is 2.99. The van der Waals surface area contributed by atoms with Crippen LogP contribution in [0, 0.1) is 13.8 Å². The number of pyridine rings is 1. The van der Waals surface area contributed by atoms with Gasteiger partial charge in [-0.15, -0.1) is 11.3 Å². The maximum absolute atomic E-state index is 4.47. The van der Waals surface area contributed by atoms with Crippen LogP contribution >= 0.6 is 11.3 Å². The van der Waals surface area contributed by atoms with Crippen molar-refractivity contribution in [1.82, 2.24) is 9.97 Å². The van der Waals surface area contributed by atoms with Gasteiger partial charge in [-0.05, 0) is 33.8 Å². The van der Waals surface area contributed by atoms with Crippen molar-refractivity contribution in [2.75, 3.05) is 17.2 Å². The van der Waals surface area contributed by atoms with Gasteiger partial charge in [0.15, 0.2) is 0 Å². The minimum absolute atomic E-state index is 0.253. The van der Waals surface area contributed by atoms with Crippen LogP contribution in [0.5, 0.6) is 0 Å². The Morgan fingerprint density at radius 3 is 2.79 bits per heavy atom. The lowest BCUT2D eigenvalue weighted by atomic mass is 10.2. The third-order valence-electron chi connectivity index (χ3n) is 2.83. The summed E-state index contributed by atoms with van der Waals surface area (Å²) in [6.45, 7) is 9.21. The Morgan fingerprint density at radius 1 is 1.37 bits per heavy atom. The molecule has 4 nitrogen and oxygen atoms in total. The monoisotopic (exact) mass is 276 g/mol. The van der Waals surface area contributed by atoms with E-state index in [1.54, 1.807) is 11.3 Å². The van der Waals surface area contributed by atoms with E-state index in [2.05, 4.69) is 41.4 Å². The van der Waals surface area contributed by atoms with E-state index in [4.69, 9.17) is 0 Å². The molecule has 0 spiro atoms. The van der Waals surface area contributed by atoms with Gasteiger partial charge in [-0.2, -0.15) is 0 Å². The maximum Gasteiger partial charge on any atom is 0.127 e. The third-order valence-corrected chi connectivity index (χ3v) is 4.09. The standard InChI is InChI=1S/C14H20N4S/c1-5-15-13-8-12(6-7-16-13)18-10(3)14-9(2)17-11(4)19-14/h6-8,10H,5H2,1-4H3,(H2,15,16,18). The Morgan fingerprint density at radius 2 is 2.16 bits per heavy atom. The van der Waals surface area contributed by atoms with Gasteiger partial charge in [-0.3, -0.25) is 0 Å². The van der Waals surface area contributed by atoms with Crippen LogP contribution in [0.4, 0.5) is 11.5 Å². The van der Waals surface area contributed by atoms with Gasteiger partial charge in [0, 0.05) is 29.4 Å². The van der Waals surface area contributed by atoms with Gasteiger partial charge in [0.1, 0.15) is 5.82 Å². The number of nitrogens with zero attached hydrogens (tertiary/aromatic N) is 2. The minimum Gasteiger partial charge on any atom is -0.377 e. The molecule has 0 aromatic carbocycles. The molecular weight excluding hydrogens is 256 g/mol. The second kappa shape index (κ2) is 6.02. The van der Waals surface area contributed by atoms with Crippen molar-refractivity contribution in [3.05, 3.63) is 33.9 Å². The summed E-state index contributed by atoms with van der Waals surface area (Å²) < 4.78 is 0. The second-order valence-electron chi connectivity index (χ2n) is 4.51. The first-order chi connectivity index (χ1) is 9.10. The van der Waals surface area contributed by atoms with Crippen molar-refractivity contribution in [3.63, 3.8) is 0 Å². The summed E-state index contributed by atoms with van der Waals surface area (Å²) in [6.07, 6.45) is 1.82. The molecule has 19 heavy (non-hydrogen) atoms. The number of aryl methyl sites for hydroxylation is 2. The molecule has 5 heteroatoms. The molecule has 2 aromatic rings. The first-order valence-electron chi connectivity index (χ1n) is 6.50. The molecule has 0 fully saturated rings. The van der Waals surface area contributed by atoms with Crippen LogP contribution in [0.15, 0.2) is 18.3 Å². The Labute approximate surface area is 118 Å². The number of aromatic nitrogens is 2. The molecule has 0 saturated carbocycles. The number of thiazole rings is 1. The van der Waals surface area contributed by atoms with Crippen molar-refractivity contribution in [2.45, 2.75) is 33.7 Å². The van der Waals surface area contributed by atoms with E-state index in [1.807, 2.05) is 25.3 Å². The van der Waals surface area contributed by atoms with Gasteiger partial charge in [-0.1, -0.05) is 0 Å². The van der Waals surface area contributed by atoms with Crippen molar-refractivity contribution < 1.29 is 0 Å². The van der Waals surface area contributed by atoms with Crippen molar-refractivity contribution in [3.8, 4) is 0 Å². The fourth-order valence-electron chi connectivity index (χ4n) is 2.06. The van der Waals surface area contributed by atoms with E-state index >= 15 is 0 Å². The number of hydrogen-bond acceptors (Lipinski definition) is 5. The molecule has 102 valence electrons. The summed E-state index contributed by atoms with van der Waals surface area (Å²) in [4.78, 5) is 10.0. The van der Waals surface area contributed by atoms with Crippen LogP contribution in [0.1, 0.15) is 35.5 Å². The van der Waals surface area contributed by atoms with Crippen LogP contribution in [0.2, 0.25) is 0 Å². The van der Waals surface area contributed by atoms with E-state index in [1.165, 1.54) is 4.88 Å². The summed E-state index contributed by atoms with van der Waals surface area (Å²) >= 11 is 1.75. The fraction of sp³-hybridized carbons (Fsp3) is 0.429. The Balaban J connectivity index is 2.12. The highest BCUT2D eigenvalue weighted by molar-refractivity contribution is 7.11. The third kappa shape index (κ3) is 3.44. The van der Waals surface area contributed by atoms with Gasteiger partial charge in [-0.25, -0.2) is 9.97 Å². The van der Waals surface area contributed by atoms with Crippen LogP contribution < -0.4 is 10.6 Å². The van der Waals surface area contributed by atoms with Crippen LogP contribution in [-0.4, -0.2) is 16.5 Å². The Bertz CT molecular complexity index is 550. The predicted molar refractivity (Wildman–Crippen MR) is 82.0 cm³/mol. The largest absolute Gasteiger partial charge is 0.377 e. The highest BCUT2D eigenvalue weighted by Crippen LogP contribution is 2.27. The highest BCUT2D eigenvalue weighted by atomic mass is 32.1. The first kappa shape index (κ1) is 13.8. The average Bonchev–Trinajstić information content (AvgIpc) is 2.69. The van der Waals surface area contributed by atoms with Gasteiger partial charge in [0.05, 0.1) is 16.7 Å². The second-order valence-corrected chi connectivity index (χ2v) is 5.74. The molecule has 0 amide bonds. The summed E-state index contributed by atoms with van der Waals surface area (Å²) in [6, 6.07) is 4.27. The summed E-state index contributed by atoms with van der Waals surface area (Å²) in [5, 5.41) is 7.83. The molecule has 0 bridgehead atoms. The zero-order valence-electron chi connectivity index (χ0n) is 11.8. The van der Waals surface area contributed by atoms with Crippen LogP contribution in [0.3, 0.4) is 0 Å². The molecule has 0 aliphatic rings. The molecule has 0 saturated heterocycles. The van der Waals surface area contributed by atoms with Crippen LogP contribution in [-0.2, 0) is 0 Å². The van der Waals surface area contributed by atoms with Crippen LogP contribution in [0.25, 0.3) is 0 Å². The number of anilines is 2. The van der Waals surface area contributed by atoms with E-state index in [0.717, 1.165) is 28.8 Å². The maximum atomic E-state index is 4.47. The zero-order chi connectivity index (χ0) is 13.8. The summed E-state index contributed by atoms with van der Waals surface area (Å²) in [5.74, 6) is 0.900. The molecule has 2 heterocycles. The van der Waals surface area contributed by atoms with E-state index < -0.39 is 0 Å². The van der Waals surface area contributed by atoms with Gasteiger partial charge < -0.3 is 10.6 Å². The normalized spacial score (nSPS) is 12.2. The number of rotatable bonds is 5. The molecule has 2 N–H and O–H groups in total. The topological polar surface area (TPSA) is 49.8 Å². The Kier molecular flexibility index (Phi) is 4.37. The first-order valence-corrected chi connectivity index (χ1v) is 7.32. The summed E-state index contributed by atoms with van der Waals surface area (Å²) in [5.41, 5.74) is 2.19. The molecule has 0 aliphatic carbocycles. The van der Waals surface area contributed by atoms with Gasteiger partial charge >= 0.3 is 0 Å². The van der Waals surface area contributed by atoms with Gasteiger partial charge in [0.25, 0.3) is 0 Å². The Hall–Kier alpha value is -1.62. The molecule has 2 aromatic heterocycles. The quantitative estimate of drug-likeness (QED) is 0.873. The molecular formula is C14H20N4S. The lowest BCUT2D eigenvalue weighted by Crippen LogP contribution is -2.07. The number of nitrogens with one attached hydrogen (secondary N) is 2. The van der Waals surface area contributed by atoms with Gasteiger partial charge in [0.2, 0.25) is 0 Å². The minimum atomic E-state index is 0.253. The van der Waals surface area contributed by atoms with E-state index in [9.17, 15) is 0 Å². The molecule has 1 atom stereocenters. The predicted octanol–water partition coefficient (Wildman–Crippen LogP) is 3.76. The zero-order valence-corrected chi connectivity index (χ0v) is 12.6. The molecule has 0 aliphatic heterocycles. The molecule has 2 rings (SSSR count). The van der Waals surface area contributed by atoms with Crippen molar-refractivity contribution in [2.24, 2.45) is 0 Å². The lowest BCUT2D eigenvalue weighted by molar-refractivity contribution is 0.889. The SMILES string of the molecule is CCNc1cc(NC(C)c2sc(C)nc2C)ccn1. The van der Waals surface area contributed by atoms with Crippen molar-refractivity contribution in [1.29, 1.82) is 0 Å². The smallest absolute Gasteiger partial charge is 0.127 e. The van der Waals surface area contributed by atoms with E-state index in [0.29, 0.717) is 0 Å². The average molecular weight is 276 g/mol. The number of hydrogen-bond donors (Lipinski definition) is 2.